The zero-order valence-corrected chi connectivity index (χ0v) is 12.4. The summed E-state index contributed by atoms with van der Waals surface area (Å²) in [6, 6.07) is 6.49. The number of hydrogen-bond acceptors (Lipinski definition) is 5. The quantitative estimate of drug-likeness (QED) is 0.775. The summed E-state index contributed by atoms with van der Waals surface area (Å²) in [5, 5.41) is 3.18. The van der Waals surface area contributed by atoms with Crippen LogP contribution in [0.1, 0.15) is 6.92 Å². The van der Waals surface area contributed by atoms with Crippen molar-refractivity contribution in [2.24, 2.45) is 0 Å². The molecule has 0 amide bonds. The van der Waals surface area contributed by atoms with E-state index in [2.05, 4.69) is 5.32 Å². The van der Waals surface area contributed by atoms with Crippen molar-refractivity contribution in [1.82, 2.24) is 5.32 Å². The average Bonchev–Trinajstić information content (AvgIpc) is 2.35. The third kappa shape index (κ3) is 5.59. The standard InChI is InChI=1S/C13H21NO4S/c1-4-14-9-12(10-17-2)18-11-6-5-7-13(8-11)19(3,15)16/h5-8,12,14H,4,9-10H2,1-3H3. The van der Waals surface area contributed by atoms with Gasteiger partial charge in [-0.05, 0) is 24.7 Å². The Hall–Kier alpha value is -1.11. The van der Waals surface area contributed by atoms with Gasteiger partial charge in [-0.15, -0.1) is 0 Å². The molecule has 0 heterocycles. The second kappa shape index (κ2) is 7.47. The van der Waals surface area contributed by atoms with Crippen molar-refractivity contribution in [3.05, 3.63) is 24.3 Å². The lowest BCUT2D eigenvalue weighted by atomic mass is 10.3. The van der Waals surface area contributed by atoms with Crippen molar-refractivity contribution in [3.8, 4) is 5.75 Å². The van der Waals surface area contributed by atoms with Crippen molar-refractivity contribution >= 4 is 9.84 Å². The Balaban J connectivity index is 2.78. The Morgan fingerprint density at radius 3 is 2.68 bits per heavy atom. The zero-order valence-electron chi connectivity index (χ0n) is 11.5. The van der Waals surface area contributed by atoms with Crippen LogP contribution in [0.4, 0.5) is 0 Å². The number of likely N-dealkylation sites (N-methyl/N-ethyl adjacent to an activating group) is 1. The van der Waals surface area contributed by atoms with Gasteiger partial charge in [0.25, 0.3) is 0 Å². The molecule has 0 radical (unpaired) electrons. The molecule has 1 rings (SSSR count). The molecule has 1 unspecified atom stereocenters. The van der Waals surface area contributed by atoms with Crippen LogP contribution in [0, 0.1) is 0 Å². The normalized spacial score (nSPS) is 13.2. The van der Waals surface area contributed by atoms with Crippen LogP contribution >= 0.6 is 0 Å². The molecule has 6 heteroatoms. The first kappa shape index (κ1) is 15.9. The maximum absolute atomic E-state index is 11.5. The zero-order chi connectivity index (χ0) is 14.3. The van der Waals surface area contributed by atoms with Crippen LogP contribution in [0.15, 0.2) is 29.2 Å². The summed E-state index contributed by atoms with van der Waals surface area (Å²) >= 11 is 0. The van der Waals surface area contributed by atoms with Gasteiger partial charge in [0.05, 0.1) is 11.5 Å². The largest absolute Gasteiger partial charge is 0.487 e. The molecule has 19 heavy (non-hydrogen) atoms. The lowest BCUT2D eigenvalue weighted by molar-refractivity contribution is 0.0808. The summed E-state index contributed by atoms with van der Waals surface area (Å²) in [4.78, 5) is 0.254. The minimum atomic E-state index is -3.22. The van der Waals surface area contributed by atoms with Gasteiger partial charge < -0.3 is 14.8 Å². The molecule has 0 fully saturated rings. The number of methoxy groups -OCH3 is 1. The van der Waals surface area contributed by atoms with E-state index in [1.807, 2.05) is 6.92 Å². The number of nitrogens with one attached hydrogen (secondary N) is 1. The number of ether oxygens (including phenoxy) is 2. The van der Waals surface area contributed by atoms with Gasteiger partial charge in [-0.1, -0.05) is 13.0 Å². The van der Waals surface area contributed by atoms with Crippen LogP contribution in [-0.4, -0.2) is 47.6 Å². The van der Waals surface area contributed by atoms with E-state index in [1.165, 1.54) is 12.3 Å². The molecule has 108 valence electrons. The number of rotatable bonds is 8. The molecule has 1 N–H and O–H groups in total. The van der Waals surface area contributed by atoms with E-state index in [0.717, 1.165) is 6.54 Å². The molecule has 5 nitrogen and oxygen atoms in total. The summed E-state index contributed by atoms with van der Waals surface area (Å²) in [5.41, 5.74) is 0. The number of hydrogen-bond donors (Lipinski definition) is 1. The molecule has 0 aliphatic heterocycles. The van der Waals surface area contributed by atoms with Gasteiger partial charge in [-0.2, -0.15) is 0 Å². The summed E-state index contributed by atoms with van der Waals surface area (Å²) in [7, 11) is -1.61. The third-order valence-electron chi connectivity index (χ3n) is 2.51. The third-order valence-corrected chi connectivity index (χ3v) is 3.62. The Morgan fingerprint density at radius 2 is 2.11 bits per heavy atom. The van der Waals surface area contributed by atoms with Gasteiger partial charge >= 0.3 is 0 Å². The van der Waals surface area contributed by atoms with Crippen LogP contribution in [0.3, 0.4) is 0 Å². The van der Waals surface area contributed by atoms with Crippen LogP contribution in [-0.2, 0) is 14.6 Å². The van der Waals surface area contributed by atoms with Gasteiger partial charge in [-0.3, -0.25) is 0 Å². The van der Waals surface area contributed by atoms with E-state index in [1.54, 1.807) is 25.3 Å². The van der Waals surface area contributed by atoms with Crippen molar-refractivity contribution in [3.63, 3.8) is 0 Å². The fourth-order valence-electron chi connectivity index (χ4n) is 1.60. The van der Waals surface area contributed by atoms with Gasteiger partial charge in [0.1, 0.15) is 11.9 Å². The molecule has 1 aromatic rings. The van der Waals surface area contributed by atoms with E-state index in [9.17, 15) is 8.42 Å². The Kier molecular flexibility index (Phi) is 6.27. The molecule has 0 bridgehead atoms. The van der Waals surface area contributed by atoms with E-state index >= 15 is 0 Å². The lowest BCUT2D eigenvalue weighted by Crippen LogP contribution is -2.34. The van der Waals surface area contributed by atoms with E-state index in [-0.39, 0.29) is 11.0 Å². The Labute approximate surface area is 114 Å². The number of benzene rings is 1. The van der Waals surface area contributed by atoms with E-state index in [0.29, 0.717) is 18.9 Å². The molecule has 0 aliphatic carbocycles. The van der Waals surface area contributed by atoms with Crippen molar-refractivity contribution in [2.75, 3.05) is 33.1 Å². The van der Waals surface area contributed by atoms with Gasteiger partial charge in [0.15, 0.2) is 9.84 Å². The van der Waals surface area contributed by atoms with Crippen LogP contribution < -0.4 is 10.1 Å². The van der Waals surface area contributed by atoms with E-state index < -0.39 is 9.84 Å². The highest BCUT2D eigenvalue weighted by Crippen LogP contribution is 2.18. The first-order valence-corrected chi connectivity index (χ1v) is 8.03. The van der Waals surface area contributed by atoms with Crippen LogP contribution in [0.2, 0.25) is 0 Å². The molecule has 1 atom stereocenters. The predicted molar refractivity (Wildman–Crippen MR) is 74.4 cm³/mol. The monoisotopic (exact) mass is 287 g/mol. The first-order chi connectivity index (χ1) is 8.97. The van der Waals surface area contributed by atoms with Gasteiger partial charge in [0.2, 0.25) is 0 Å². The highest BCUT2D eigenvalue weighted by Gasteiger charge is 2.12. The Morgan fingerprint density at radius 1 is 1.37 bits per heavy atom. The molecule has 0 saturated heterocycles. The average molecular weight is 287 g/mol. The summed E-state index contributed by atoms with van der Waals surface area (Å²) in [6.45, 7) is 3.94. The molecular weight excluding hydrogens is 266 g/mol. The van der Waals surface area contributed by atoms with Crippen LogP contribution in [0.25, 0.3) is 0 Å². The van der Waals surface area contributed by atoms with Crippen molar-refractivity contribution in [2.45, 2.75) is 17.9 Å². The van der Waals surface area contributed by atoms with Gasteiger partial charge in [-0.25, -0.2) is 8.42 Å². The summed E-state index contributed by atoms with van der Waals surface area (Å²) < 4.78 is 33.8. The Bertz CT molecular complexity index is 487. The molecule has 0 saturated carbocycles. The smallest absolute Gasteiger partial charge is 0.175 e. The lowest BCUT2D eigenvalue weighted by Gasteiger charge is -2.19. The molecular formula is C13H21NO4S. The minimum absolute atomic E-state index is 0.153. The molecule has 0 aliphatic rings. The predicted octanol–water partition coefficient (Wildman–Crippen LogP) is 1.09. The van der Waals surface area contributed by atoms with Crippen LogP contribution in [0.5, 0.6) is 5.75 Å². The fraction of sp³-hybridized carbons (Fsp3) is 0.538. The van der Waals surface area contributed by atoms with Crippen molar-refractivity contribution in [1.29, 1.82) is 0 Å². The summed E-state index contributed by atoms with van der Waals surface area (Å²) in [6.07, 6.45) is 1.02. The maximum Gasteiger partial charge on any atom is 0.175 e. The molecule has 0 aromatic heterocycles. The summed E-state index contributed by atoms with van der Waals surface area (Å²) in [5.74, 6) is 0.530. The second-order valence-electron chi connectivity index (χ2n) is 4.25. The van der Waals surface area contributed by atoms with Gasteiger partial charge in [0, 0.05) is 19.9 Å². The SMILES string of the molecule is CCNCC(COC)Oc1cccc(S(C)(=O)=O)c1. The van der Waals surface area contributed by atoms with E-state index in [4.69, 9.17) is 9.47 Å². The highest BCUT2D eigenvalue weighted by molar-refractivity contribution is 7.90. The number of sulfone groups is 1. The fourth-order valence-corrected chi connectivity index (χ4v) is 2.25. The molecule has 1 aromatic carbocycles. The minimum Gasteiger partial charge on any atom is -0.487 e. The molecule has 0 spiro atoms. The van der Waals surface area contributed by atoms with Crippen molar-refractivity contribution < 1.29 is 17.9 Å². The highest BCUT2D eigenvalue weighted by atomic mass is 32.2. The second-order valence-corrected chi connectivity index (χ2v) is 6.27. The topological polar surface area (TPSA) is 64.6 Å². The first-order valence-electron chi connectivity index (χ1n) is 6.13. The maximum atomic E-state index is 11.5.